The smallest absolute Gasteiger partial charge is 0.264 e. The van der Waals surface area contributed by atoms with E-state index < -0.39 is 28.5 Å². The molecule has 0 spiro atoms. The van der Waals surface area contributed by atoms with Crippen LogP contribution in [0.15, 0.2) is 114 Å². The number of hydrogen-bond acceptors (Lipinski definition) is 4. The van der Waals surface area contributed by atoms with Crippen molar-refractivity contribution in [3.05, 3.63) is 129 Å². The fraction of sp³-hybridized carbons (Fsp3) is 0.161. The number of likely N-dealkylation sites (N-methyl/N-ethyl adjacent to an activating group) is 1. The van der Waals surface area contributed by atoms with Crippen LogP contribution in [-0.2, 0) is 32.6 Å². The number of amides is 2. The van der Waals surface area contributed by atoms with Gasteiger partial charge >= 0.3 is 0 Å². The van der Waals surface area contributed by atoms with Gasteiger partial charge in [0.25, 0.3) is 10.0 Å². The molecule has 1 atom stereocenters. The van der Waals surface area contributed by atoms with E-state index in [9.17, 15) is 18.0 Å². The number of rotatable bonds is 11. The van der Waals surface area contributed by atoms with Gasteiger partial charge in [0.15, 0.2) is 0 Å². The minimum Gasteiger partial charge on any atom is -0.357 e. The van der Waals surface area contributed by atoms with Crippen LogP contribution in [0.5, 0.6) is 0 Å². The van der Waals surface area contributed by atoms with Crippen LogP contribution in [0.25, 0.3) is 0 Å². The second-order valence-electron chi connectivity index (χ2n) is 9.27. The molecule has 0 aliphatic heterocycles. The molecule has 0 aliphatic rings. The van der Waals surface area contributed by atoms with Crippen LogP contribution in [0, 0.1) is 3.57 Å². The lowest BCUT2D eigenvalue weighted by molar-refractivity contribution is -0.139. The third-order valence-electron chi connectivity index (χ3n) is 6.48. The van der Waals surface area contributed by atoms with Gasteiger partial charge in [-0.1, -0.05) is 72.3 Å². The van der Waals surface area contributed by atoms with Gasteiger partial charge in [0, 0.05) is 28.6 Å². The predicted octanol–water partition coefficient (Wildman–Crippen LogP) is 5.53. The molecule has 0 aromatic heterocycles. The minimum absolute atomic E-state index is 0.0518. The predicted molar refractivity (Wildman–Crippen MR) is 170 cm³/mol. The van der Waals surface area contributed by atoms with E-state index in [-0.39, 0.29) is 23.8 Å². The van der Waals surface area contributed by atoms with Gasteiger partial charge in [-0.3, -0.25) is 13.9 Å². The van der Waals surface area contributed by atoms with E-state index >= 15 is 0 Å². The van der Waals surface area contributed by atoms with Gasteiger partial charge in [-0.05, 0) is 82.2 Å². The number of carbonyl (C=O) groups excluding carboxylic acids is 2. The molecule has 10 heteroatoms. The van der Waals surface area contributed by atoms with E-state index in [1.165, 1.54) is 24.1 Å². The molecule has 212 valence electrons. The summed E-state index contributed by atoms with van der Waals surface area (Å²) in [6, 6.07) is 30.4. The summed E-state index contributed by atoms with van der Waals surface area (Å²) in [5.41, 5.74) is 1.90. The maximum Gasteiger partial charge on any atom is 0.264 e. The Morgan fingerprint density at radius 1 is 0.854 bits per heavy atom. The third kappa shape index (κ3) is 7.87. The summed E-state index contributed by atoms with van der Waals surface area (Å²) in [5.74, 6) is -0.900. The Hall–Kier alpha value is -3.41. The summed E-state index contributed by atoms with van der Waals surface area (Å²) in [5, 5.41) is 3.16. The van der Waals surface area contributed by atoms with Crippen LogP contribution < -0.4 is 9.62 Å². The molecule has 4 aromatic rings. The molecule has 4 aromatic carbocycles. The van der Waals surface area contributed by atoms with Gasteiger partial charge in [-0.2, -0.15) is 0 Å². The van der Waals surface area contributed by atoms with Crippen LogP contribution in [0.1, 0.15) is 11.1 Å². The number of benzene rings is 4. The van der Waals surface area contributed by atoms with Gasteiger partial charge in [0.1, 0.15) is 12.6 Å². The second kappa shape index (κ2) is 14.0. The van der Waals surface area contributed by atoms with Crippen molar-refractivity contribution in [3.63, 3.8) is 0 Å². The zero-order valence-corrected chi connectivity index (χ0v) is 26.0. The van der Waals surface area contributed by atoms with Gasteiger partial charge in [-0.25, -0.2) is 8.42 Å². The van der Waals surface area contributed by atoms with Gasteiger partial charge in [0.2, 0.25) is 11.8 Å². The SMILES string of the molecule is CNC(=O)[C@@H](Cc1ccccc1)N(Cc1cccc(Cl)c1)C(=O)CN(c1ccc(I)cc1)S(=O)(=O)c1ccccc1. The average Bonchev–Trinajstić information content (AvgIpc) is 2.98. The Balaban J connectivity index is 1.78. The number of hydrogen-bond donors (Lipinski definition) is 1. The van der Waals surface area contributed by atoms with Crippen molar-refractivity contribution in [3.8, 4) is 0 Å². The Morgan fingerprint density at radius 3 is 2.07 bits per heavy atom. The number of anilines is 1. The summed E-state index contributed by atoms with van der Waals surface area (Å²) < 4.78 is 29.8. The zero-order chi connectivity index (χ0) is 29.4. The number of nitrogens with zero attached hydrogens (tertiary/aromatic N) is 2. The first-order valence-corrected chi connectivity index (χ1v) is 15.7. The van der Waals surface area contributed by atoms with Crippen molar-refractivity contribution in [1.82, 2.24) is 10.2 Å². The molecule has 0 radical (unpaired) electrons. The van der Waals surface area contributed by atoms with E-state index in [1.54, 1.807) is 60.7 Å². The highest BCUT2D eigenvalue weighted by Crippen LogP contribution is 2.26. The lowest BCUT2D eigenvalue weighted by Gasteiger charge is -2.33. The molecule has 1 N–H and O–H groups in total. The number of carbonyl (C=O) groups is 2. The molecular formula is C31H29ClIN3O4S. The van der Waals surface area contributed by atoms with Crippen LogP contribution in [0.2, 0.25) is 5.02 Å². The van der Waals surface area contributed by atoms with E-state index in [2.05, 4.69) is 27.9 Å². The lowest BCUT2D eigenvalue weighted by Crippen LogP contribution is -2.53. The van der Waals surface area contributed by atoms with Crippen molar-refractivity contribution >= 4 is 61.7 Å². The van der Waals surface area contributed by atoms with Crippen LogP contribution in [0.4, 0.5) is 5.69 Å². The number of nitrogens with one attached hydrogen (secondary N) is 1. The lowest BCUT2D eigenvalue weighted by atomic mass is 10.0. The topological polar surface area (TPSA) is 86.8 Å². The third-order valence-corrected chi connectivity index (χ3v) is 9.23. The average molecular weight is 702 g/mol. The largest absolute Gasteiger partial charge is 0.357 e. The van der Waals surface area contributed by atoms with Crippen molar-refractivity contribution < 1.29 is 18.0 Å². The van der Waals surface area contributed by atoms with E-state index in [0.29, 0.717) is 16.3 Å². The standard InChI is InChI=1S/C31H29ClIN3O4S/c1-34-31(38)29(20-23-9-4-2-5-10-23)35(21-24-11-8-12-25(32)19-24)30(37)22-36(27-17-15-26(33)16-18-27)41(39,40)28-13-6-3-7-14-28/h2-19,29H,20-22H2,1H3,(H,34,38)/t29-/m1/s1. The zero-order valence-electron chi connectivity index (χ0n) is 22.3. The van der Waals surface area contributed by atoms with Crippen LogP contribution in [0.3, 0.4) is 0 Å². The molecule has 0 fully saturated rings. The van der Waals surface area contributed by atoms with E-state index in [4.69, 9.17) is 11.6 Å². The summed E-state index contributed by atoms with van der Waals surface area (Å²) in [6.45, 7) is -0.461. The molecule has 7 nitrogen and oxygen atoms in total. The minimum atomic E-state index is -4.12. The highest BCUT2D eigenvalue weighted by atomic mass is 127. The van der Waals surface area contributed by atoms with E-state index in [1.807, 2.05) is 36.4 Å². The van der Waals surface area contributed by atoms with Crippen molar-refractivity contribution in [2.24, 2.45) is 0 Å². The van der Waals surface area contributed by atoms with E-state index in [0.717, 1.165) is 13.4 Å². The first-order chi connectivity index (χ1) is 19.7. The molecule has 4 rings (SSSR count). The normalized spacial score (nSPS) is 11.9. The second-order valence-corrected chi connectivity index (χ2v) is 12.8. The van der Waals surface area contributed by atoms with Gasteiger partial charge in [-0.15, -0.1) is 0 Å². The molecule has 0 aliphatic carbocycles. The first-order valence-electron chi connectivity index (χ1n) is 12.8. The first kappa shape index (κ1) is 30.5. The Kier molecular flexibility index (Phi) is 10.4. The van der Waals surface area contributed by atoms with Gasteiger partial charge in [0.05, 0.1) is 10.6 Å². The molecule has 0 unspecified atom stereocenters. The monoisotopic (exact) mass is 701 g/mol. The summed E-state index contributed by atoms with van der Waals surface area (Å²) >= 11 is 8.38. The maximum absolute atomic E-state index is 14.2. The highest BCUT2D eigenvalue weighted by Gasteiger charge is 2.34. The Labute approximate surface area is 259 Å². The molecule has 2 amide bonds. The van der Waals surface area contributed by atoms with Crippen molar-refractivity contribution in [1.29, 1.82) is 0 Å². The molecule has 41 heavy (non-hydrogen) atoms. The van der Waals surface area contributed by atoms with Gasteiger partial charge < -0.3 is 10.2 Å². The fourth-order valence-electron chi connectivity index (χ4n) is 4.41. The van der Waals surface area contributed by atoms with Crippen molar-refractivity contribution in [2.75, 3.05) is 17.9 Å². The quantitative estimate of drug-likeness (QED) is 0.209. The highest BCUT2D eigenvalue weighted by molar-refractivity contribution is 14.1. The molecule has 0 saturated heterocycles. The van der Waals surface area contributed by atoms with Crippen LogP contribution in [-0.4, -0.2) is 44.8 Å². The summed E-state index contributed by atoms with van der Waals surface area (Å²) in [7, 11) is -2.61. The Bertz CT molecular complexity index is 1590. The van der Waals surface area contributed by atoms with Crippen LogP contribution >= 0.6 is 34.2 Å². The fourth-order valence-corrected chi connectivity index (χ4v) is 6.42. The maximum atomic E-state index is 14.2. The molecule has 0 bridgehead atoms. The Morgan fingerprint density at radius 2 is 1.46 bits per heavy atom. The number of halogens is 2. The summed E-state index contributed by atoms with van der Waals surface area (Å²) in [4.78, 5) is 29.0. The number of sulfonamides is 1. The molecule has 0 heterocycles. The van der Waals surface area contributed by atoms with Crippen molar-refractivity contribution in [2.45, 2.75) is 23.9 Å². The summed E-state index contributed by atoms with van der Waals surface area (Å²) in [6.07, 6.45) is 0.238. The molecule has 0 saturated carbocycles. The molecular weight excluding hydrogens is 673 g/mol.